The van der Waals surface area contributed by atoms with Crippen LogP contribution in [-0.2, 0) is 5.41 Å². The lowest BCUT2D eigenvalue weighted by molar-refractivity contribution is 0.663. The first-order valence-electron chi connectivity index (χ1n) is 14.9. The van der Waals surface area contributed by atoms with E-state index >= 15 is 0 Å². The number of fused-ring (bicyclic) bond motifs is 8. The molecule has 0 radical (unpaired) electrons. The predicted molar refractivity (Wildman–Crippen MR) is 178 cm³/mol. The molecule has 0 bridgehead atoms. The second-order valence-electron chi connectivity index (χ2n) is 12.0. The van der Waals surface area contributed by atoms with Gasteiger partial charge in [-0.3, -0.25) is 9.55 Å². The number of nitrogens with zero attached hydrogens (tertiary/aromatic N) is 5. The minimum Gasteiger partial charge on any atom is -0.277 e. The monoisotopic (exact) mass is 565 g/mol. The number of hydrogen-bond donors (Lipinski definition) is 0. The van der Waals surface area contributed by atoms with Crippen molar-refractivity contribution < 1.29 is 0 Å². The Balaban J connectivity index is 1.46. The maximum atomic E-state index is 5.20. The summed E-state index contributed by atoms with van der Waals surface area (Å²) >= 11 is 0. The molecule has 3 aromatic heterocycles. The van der Waals surface area contributed by atoms with E-state index in [9.17, 15) is 0 Å². The molecule has 8 aromatic rings. The Morgan fingerprint density at radius 2 is 1.27 bits per heavy atom. The summed E-state index contributed by atoms with van der Waals surface area (Å²) in [6, 6.07) is 40.2. The zero-order chi connectivity index (χ0) is 29.4. The number of aromatic nitrogens is 5. The zero-order valence-electron chi connectivity index (χ0n) is 24.4. The van der Waals surface area contributed by atoms with Crippen LogP contribution in [0.4, 0.5) is 0 Å². The predicted octanol–water partition coefficient (Wildman–Crippen LogP) is 9.16. The van der Waals surface area contributed by atoms with Gasteiger partial charge in [0.05, 0.1) is 11.0 Å². The van der Waals surface area contributed by atoms with Gasteiger partial charge in [0.1, 0.15) is 0 Å². The third-order valence-electron chi connectivity index (χ3n) is 9.09. The molecular weight excluding hydrogens is 538 g/mol. The average molecular weight is 566 g/mol. The molecule has 3 heterocycles. The van der Waals surface area contributed by atoms with Crippen molar-refractivity contribution in [3.05, 3.63) is 139 Å². The van der Waals surface area contributed by atoms with E-state index in [1.165, 1.54) is 27.6 Å². The van der Waals surface area contributed by atoms with Crippen molar-refractivity contribution in [1.82, 2.24) is 24.5 Å². The van der Waals surface area contributed by atoms with Gasteiger partial charge < -0.3 is 0 Å². The molecule has 1 aliphatic carbocycles. The molecule has 1 aliphatic rings. The first kappa shape index (κ1) is 24.9. The van der Waals surface area contributed by atoms with E-state index in [0.717, 1.165) is 38.3 Å². The molecule has 0 unspecified atom stereocenters. The minimum atomic E-state index is -0.226. The van der Waals surface area contributed by atoms with E-state index in [-0.39, 0.29) is 5.41 Å². The van der Waals surface area contributed by atoms with E-state index in [0.29, 0.717) is 17.6 Å². The fraction of sp³-hybridized carbons (Fsp3) is 0.0769. The molecule has 0 N–H and O–H groups in total. The third-order valence-corrected chi connectivity index (χ3v) is 9.09. The van der Waals surface area contributed by atoms with Crippen molar-refractivity contribution in [3.8, 4) is 39.9 Å². The molecule has 0 spiro atoms. The van der Waals surface area contributed by atoms with Crippen LogP contribution in [0.2, 0.25) is 0 Å². The van der Waals surface area contributed by atoms with Crippen molar-refractivity contribution in [2.45, 2.75) is 19.3 Å². The van der Waals surface area contributed by atoms with Gasteiger partial charge in [0, 0.05) is 45.1 Å². The highest BCUT2D eigenvalue weighted by atomic mass is 15.2. The summed E-state index contributed by atoms with van der Waals surface area (Å²) in [5, 5.41) is 4.55. The summed E-state index contributed by atoms with van der Waals surface area (Å²) in [6.45, 7) is 4.66. The molecule has 0 saturated heterocycles. The van der Waals surface area contributed by atoms with Crippen molar-refractivity contribution in [3.63, 3.8) is 0 Å². The summed E-state index contributed by atoms with van der Waals surface area (Å²) in [5.41, 5.74) is 9.02. The highest BCUT2D eigenvalue weighted by Gasteiger charge is 2.38. The molecule has 208 valence electrons. The van der Waals surface area contributed by atoms with Crippen LogP contribution in [0.25, 0.3) is 72.4 Å². The minimum absolute atomic E-state index is 0.226. The van der Waals surface area contributed by atoms with Crippen LogP contribution in [0.1, 0.15) is 25.0 Å². The van der Waals surface area contributed by atoms with E-state index in [4.69, 9.17) is 15.0 Å². The second kappa shape index (κ2) is 9.16. The van der Waals surface area contributed by atoms with Crippen LogP contribution in [0, 0.1) is 0 Å². The SMILES string of the molecule is CC1(C)c2ccccc2-c2ccc3c4cc5cnccc5cc4n(-c4nc(-c5ccccc5)nc(-c5ccccc5)n4)c3c21. The molecule has 0 saturated carbocycles. The van der Waals surface area contributed by atoms with Gasteiger partial charge in [0.2, 0.25) is 5.95 Å². The molecule has 0 aliphatic heterocycles. The normalized spacial score (nSPS) is 13.4. The van der Waals surface area contributed by atoms with E-state index in [1.54, 1.807) is 0 Å². The zero-order valence-corrected chi connectivity index (χ0v) is 24.4. The Morgan fingerprint density at radius 3 is 2.00 bits per heavy atom. The van der Waals surface area contributed by atoms with Gasteiger partial charge >= 0.3 is 0 Å². The summed E-state index contributed by atoms with van der Waals surface area (Å²) in [7, 11) is 0. The first-order valence-corrected chi connectivity index (χ1v) is 14.9. The fourth-order valence-corrected chi connectivity index (χ4v) is 7.05. The number of pyridine rings is 1. The molecule has 9 rings (SSSR count). The highest BCUT2D eigenvalue weighted by Crippen LogP contribution is 2.53. The summed E-state index contributed by atoms with van der Waals surface area (Å²) in [4.78, 5) is 19.8. The van der Waals surface area contributed by atoms with Crippen molar-refractivity contribution in [2.24, 2.45) is 0 Å². The lowest BCUT2D eigenvalue weighted by Crippen LogP contribution is -2.17. The largest absolute Gasteiger partial charge is 0.277 e. The smallest absolute Gasteiger partial charge is 0.238 e. The Labute approximate surface area is 254 Å². The molecule has 5 nitrogen and oxygen atoms in total. The Bertz CT molecular complexity index is 2350. The maximum Gasteiger partial charge on any atom is 0.238 e. The summed E-state index contributed by atoms with van der Waals surface area (Å²) in [6.07, 6.45) is 3.79. The maximum absolute atomic E-state index is 5.20. The fourth-order valence-electron chi connectivity index (χ4n) is 7.05. The van der Waals surface area contributed by atoms with Crippen molar-refractivity contribution >= 4 is 32.6 Å². The third kappa shape index (κ3) is 3.53. The molecule has 0 atom stereocenters. The van der Waals surface area contributed by atoms with Gasteiger partial charge in [0.15, 0.2) is 11.6 Å². The van der Waals surface area contributed by atoms with Gasteiger partial charge in [-0.1, -0.05) is 111 Å². The standard InChI is InChI=1S/C39H27N5/c1-39(2)32-16-10-9-15-28(32)29-17-18-30-31-21-27-23-40-20-19-26(27)22-33(31)44(35(30)34(29)39)38-42-36(24-11-5-3-6-12-24)41-37(43-38)25-13-7-4-8-14-25/h3-23H,1-2H3. The van der Waals surface area contributed by atoms with Crippen molar-refractivity contribution in [1.29, 1.82) is 0 Å². The van der Waals surface area contributed by atoms with E-state index in [2.05, 4.69) is 102 Å². The van der Waals surface area contributed by atoms with Crippen LogP contribution in [0.15, 0.2) is 128 Å². The van der Waals surface area contributed by atoms with Gasteiger partial charge in [0.25, 0.3) is 0 Å². The van der Waals surface area contributed by atoms with Gasteiger partial charge in [-0.25, -0.2) is 4.98 Å². The average Bonchev–Trinajstić information content (AvgIpc) is 3.52. The first-order chi connectivity index (χ1) is 21.6. The molecule has 5 heteroatoms. The van der Waals surface area contributed by atoms with Crippen LogP contribution in [-0.4, -0.2) is 24.5 Å². The van der Waals surface area contributed by atoms with Crippen LogP contribution in [0.3, 0.4) is 0 Å². The molecular formula is C39H27N5. The Morgan fingerprint density at radius 1 is 0.591 bits per heavy atom. The molecule has 0 fully saturated rings. The molecule has 0 amide bonds. The quantitative estimate of drug-likeness (QED) is 0.214. The second-order valence-corrected chi connectivity index (χ2v) is 12.0. The van der Waals surface area contributed by atoms with Crippen LogP contribution < -0.4 is 0 Å². The summed E-state index contributed by atoms with van der Waals surface area (Å²) < 4.78 is 2.28. The molecule has 44 heavy (non-hydrogen) atoms. The highest BCUT2D eigenvalue weighted by molar-refractivity contribution is 6.16. The lowest BCUT2D eigenvalue weighted by atomic mass is 9.81. The Hall–Kier alpha value is -5.68. The van der Waals surface area contributed by atoms with E-state index in [1.807, 2.05) is 48.8 Å². The van der Waals surface area contributed by atoms with Gasteiger partial charge in [-0.05, 0) is 45.8 Å². The topological polar surface area (TPSA) is 56.5 Å². The van der Waals surface area contributed by atoms with Crippen LogP contribution in [0.5, 0.6) is 0 Å². The van der Waals surface area contributed by atoms with Crippen LogP contribution >= 0.6 is 0 Å². The number of benzene rings is 5. The number of rotatable bonds is 3. The van der Waals surface area contributed by atoms with Gasteiger partial charge in [-0.15, -0.1) is 0 Å². The van der Waals surface area contributed by atoms with Gasteiger partial charge in [-0.2, -0.15) is 9.97 Å². The van der Waals surface area contributed by atoms with Crippen molar-refractivity contribution in [2.75, 3.05) is 0 Å². The number of hydrogen-bond acceptors (Lipinski definition) is 4. The summed E-state index contributed by atoms with van der Waals surface area (Å²) in [5.74, 6) is 1.89. The Kier molecular flexibility index (Phi) is 5.18. The van der Waals surface area contributed by atoms with E-state index < -0.39 is 0 Å². The molecule has 5 aromatic carbocycles. The lowest BCUT2D eigenvalue weighted by Gasteiger charge is -2.23.